The maximum Gasteiger partial charge on any atom is 0.469 e. The summed E-state index contributed by atoms with van der Waals surface area (Å²) in [5.74, 6) is 0. The molecule has 15 heavy (non-hydrogen) atoms. The first-order valence-electron chi connectivity index (χ1n) is 4.41. The molecule has 0 aliphatic carbocycles. The number of hydrogen-bond acceptors (Lipinski definition) is 5. The lowest BCUT2D eigenvalue weighted by Gasteiger charge is -2.06. The van der Waals surface area contributed by atoms with Crippen molar-refractivity contribution in [2.45, 2.75) is 0 Å². The molecule has 0 rings (SSSR count). The molecule has 0 saturated heterocycles. The van der Waals surface area contributed by atoms with Crippen molar-refractivity contribution >= 4 is 7.82 Å². The molecule has 0 aromatic rings. The van der Waals surface area contributed by atoms with Crippen LogP contribution in [0, 0.1) is 0 Å². The van der Waals surface area contributed by atoms with Crippen LogP contribution in [0.25, 0.3) is 0 Å². The Kier molecular flexibility index (Phi) is 9.23. The summed E-state index contributed by atoms with van der Waals surface area (Å²) in [5.41, 5.74) is 0. The fourth-order valence-corrected chi connectivity index (χ4v) is 0.992. The van der Waals surface area contributed by atoms with Crippen molar-refractivity contribution in [3.63, 3.8) is 0 Å². The highest BCUT2D eigenvalue weighted by Crippen LogP contribution is 2.35. The van der Waals surface area contributed by atoms with E-state index in [0.29, 0.717) is 26.4 Å². The fraction of sp³-hybridized carbons (Fsp3) is 1.00. The van der Waals surface area contributed by atoms with Gasteiger partial charge < -0.3 is 24.0 Å². The van der Waals surface area contributed by atoms with E-state index in [1.165, 1.54) is 0 Å². The average molecular weight is 244 g/mol. The van der Waals surface area contributed by atoms with Crippen LogP contribution in [0.1, 0.15) is 0 Å². The number of methoxy groups -OCH3 is 1. The van der Waals surface area contributed by atoms with Crippen molar-refractivity contribution in [1.29, 1.82) is 0 Å². The van der Waals surface area contributed by atoms with Crippen LogP contribution < -0.4 is 0 Å². The molecule has 2 N–H and O–H groups in total. The standard InChI is InChI=1S/C7H17O7P/c1-11-2-3-12-4-5-13-6-7-14-15(8,9)10/h2-7H2,1H3,(H2,8,9,10). The van der Waals surface area contributed by atoms with Gasteiger partial charge in [0.25, 0.3) is 0 Å². The Balaban J connectivity index is 3.02. The maximum atomic E-state index is 10.2. The fourth-order valence-electron chi connectivity index (χ4n) is 0.679. The second-order valence-corrected chi connectivity index (χ2v) is 3.78. The van der Waals surface area contributed by atoms with Gasteiger partial charge in [0.05, 0.1) is 39.6 Å². The second-order valence-electron chi connectivity index (χ2n) is 2.54. The van der Waals surface area contributed by atoms with E-state index in [-0.39, 0.29) is 13.2 Å². The summed E-state index contributed by atoms with van der Waals surface area (Å²) < 4.78 is 29.2. The topological polar surface area (TPSA) is 94.5 Å². The van der Waals surface area contributed by atoms with Crippen molar-refractivity contribution in [3.05, 3.63) is 0 Å². The molecule has 0 unspecified atom stereocenters. The molecular weight excluding hydrogens is 227 g/mol. The zero-order valence-corrected chi connectivity index (χ0v) is 9.52. The van der Waals surface area contributed by atoms with E-state index < -0.39 is 7.82 Å². The molecule has 92 valence electrons. The van der Waals surface area contributed by atoms with Crippen LogP contribution in [0.5, 0.6) is 0 Å². The van der Waals surface area contributed by atoms with Crippen LogP contribution in [-0.2, 0) is 23.3 Å². The van der Waals surface area contributed by atoms with Gasteiger partial charge >= 0.3 is 7.82 Å². The molecule has 0 radical (unpaired) electrons. The van der Waals surface area contributed by atoms with E-state index in [0.717, 1.165) is 0 Å². The number of phosphoric ester groups is 1. The van der Waals surface area contributed by atoms with Gasteiger partial charge in [-0.2, -0.15) is 0 Å². The van der Waals surface area contributed by atoms with E-state index in [1.54, 1.807) is 7.11 Å². The molecule has 0 aromatic carbocycles. The minimum absolute atomic E-state index is 0.124. The molecular formula is C7H17O7P. The monoisotopic (exact) mass is 244 g/mol. The minimum atomic E-state index is -4.36. The third kappa shape index (κ3) is 14.0. The average Bonchev–Trinajstić information content (AvgIpc) is 2.14. The summed E-state index contributed by atoms with van der Waals surface area (Å²) in [6.07, 6.45) is 0. The van der Waals surface area contributed by atoms with Crippen LogP contribution in [0.3, 0.4) is 0 Å². The smallest absolute Gasteiger partial charge is 0.382 e. The molecule has 0 heterocycles. The van der Waals surface area contributed by atoms with Crippen LogP contribution in [0.15, 0.2) is 0 Å². The summed E-state index contributed by atoms with van der Waals surface area (Å²) in [4.78, 5) is 16.6. The maximum absolute atomic E-state index is 10.2. The second kappa shape index (κ2) is 9.23. The number of phosphoric acid groups is 1. The number of rotatable bonds is 10. The van der Waals surface area contributed by atoms with Gasteiger partial charge in [-0.25, -0.2) is 4.57 Å². The molecule has 0 bridgehead atoms. The summed E-state index contributed by atoms with van der Waals surface area (Å²) >= 11 is 0. The molecule has 0 atom stereocenters. The van der Waals surface area contributed by atoms with E-state index in [4.69, 9.17) is 24.0 Å². The molecule has 0 amide bonds. The lowest BCUT2D eigenvalue weighted by Crippen LogP contribution is -2.10. The highest BCUT2D eigenvalue weighted by atomic mass is 31.2. The van der Waals surface area contributed by atoms with Crippen molar-refractivity contribution in [2.24, 2.45) is 0 Å². The summed E-state index contributed by atoms with van der Waals surface area (Å²) in [7, 11) is -2.78. The SMILES string of the molecule is COCCOCCOCCOP(=O)(O)O. The minimum Gasteiger partial charge on any atom is -0.382 e. The summed E-state index contributed by atoms with van der Waals surface area (Å²) in [6.45, 7) is 1.79. The molecule has 0 fully saturated rings. The van der Waals surface area contributed by atoms with Gasteiger partial charge in [-0.1, -0.05) is 0 Å². The first kappa shape index (κ1) is 15.0. The first-order chi connectivity index (χ1) is 7.06. The number of hydrogen-bond donors (Lipinski definition) is 2. The summed E-state index contributed by atoms with van der Waals surface area (Å²) in [6, 6.07) is 0. The van der Waals surface area contributed by atoms with Gasteiger partial charge in [0.2, 0.25) is 0 Å². The number of ether oxygens (including phenoxy) is 3. The predicted octanol–water partition coefficient (Wildman–Crippen LogP) is -0.225. The normalized spacial score (nSPS) is 11.9. The highest BCUT2D eigenvalue weighted by molar-refractivity contribution is 7.46. The molecule has 8 heteroatoms. The molecule has 0 saturated carbocycles. The van der Waals surface area contributed by atoms with E-state index >= 15 is 0 Å². The Morgan fingerprint density at radius 2 is 1.40 bits per heavy atom. The van der Waals surface area contributed by atoms with Gasteiger partial charge in [0.1, 0.15) is 0 Å². The summed E-state index contributed by atoms with van der Waals surface area (Å²) in [5, 5.41) is 0. The largest absolute Gasteiger partial charge is 0.469 e. The van der Waals surface area contributed by atoms with Crippen molar-refractivity contribution in [1.82, 2.24) is 0 Å². The van der Waals surface area contributed by atoms with Crippen LogP contribution in [-0.4, -0.2) is 56.5 Å². The highest BCUT2D eigenvalue weighted by Gasteiger charge is 2.12. The lowest BCUT2D eigenvalue weighted by atomic mass is 10.7. The first-order valence-corrected chi connectivity index (χ1v) is 5.94. The van der Waals surface area contributed by atoms with Gasteiger partial charge in [-0.3, -0.25) is 4.52 Å². The Morgan fingerprint density at radius 3 is 1.87 bits per heavy atom. The van der Waals surface area contributed by atoms with E-state index in [9.17, 15) is 4.57 Å². The van der Waals surface area contributed by atoms with Crippen LogP contribution in [0.4, 0.5) is 0 Å². The Labute approximate surface area is 88.5 Å². The Bertz CT molecular complexity index is 180. The molecule has 0 aliphatic rings. The van der Waals surface area contributed by atoms with Crippen LogP contribution in [0.2, 0.25) is 0 Å². The van der Waals surface area contributed by atoms with Crippen molar-refractivity contribution in [3.8, 4) is 0 Å². The third-order valence-electron chi connectivity index (χ3n) is 1.29. The van der Waals surface area contributed by atoms with E-state index in [1.807, 2.05) is 0 Å². The predicted molar refractivity (Wildman–Crippen MR) is 51.5 cm³/mol. The Morgan fingerprint density at radius 1 is 0.933 bits per heavy atom. The Hall–Kier alpha value is -0.0100. The van der Waals surface area contributed by atoms with Gasteiger partial charge in [0.15, 0.2) is 0 Å². The zero-order chi connectivity index (χ0) is 11.6. The quantitative estimate of drug-likeness (QED) is 0.405. The van der Waals surface area contributed by atoms with Gasteiger partial charge in [-0.15, -0.1) is 0 Å². The van der Waals surface area contributed by atoms with Crippen molar-refractivity contribution in [2.75, 3.05) is 46.8 Å². The molecule has 7 nitrogen and oxygen atoms in total. The molecule has 0 aliphatic heterocycles. The third-order valence-corrected chi connectivity index (χ3v) is 1.81. The van der Waals surface area contributed by atoms with Gasteiger partial charge in [-0.05, 0) is 0 Å². The lowest BCUT2D eigenvalue weighted by molar-refractivity contribution is 0.0155. The van der Waals surface area contributed by atoms with Crippen molar-refractivity contribution < 1.29 is 33.1 Å². The molecule has 0 spiro atoms. The van der Waals surface area contributed by atoms with Crippen LogP contribution >= 0.6 is 7.82 Å². The van der Waals surface area contributed by atoms with Gasteiger partial charge in [0, 0.05) is 7.11 Å². The van der Waals surface area contributed by atoms with E-state index in [2.05, 4.69) is 4.52 Å². The zero-order valence-electron chi connectivity index (χ0n) is 8.63. The molecule has 0 aromatic heterocycles.